The van der Waals surface area contributed by atoms with E-state index in [1.54, 1.807) is 24.0 Å². The van der Waals surface area contributed by atoms with Crippen LogP contribution >= 0.6 is 11.3 Å². The number of nitrogens with zero attached hydrogens (tertiary/aromatic N) is 4. The van der Waals surface area contributed by atoms with Crippen molar-refractivity contribution in [2.24, 2.45) is 0 Å². The van der Waals surface area contributed by atoms with Gasteiger partial charge in [0.15, 0.2) is 0 Å². The zero-order chi connectivity index (χ0) is 12.4. The summed E-state index contributed by atoms with van der Waals surface area (Å²) < 4.78 is 1.29. The van der Waals surface area contributed by atoms with Crippen LogP contribution in [0.25, 0.3) is 17.1 Å². The Balaban J connectivity index is 2.00. The fourth-order valence-electron chi connectivity index (χ4n) is 1.51. The van der Waals surface area contributed by atoms with Gasteiger partial charge in [-0.3, -0.25) is 9.78 Å². The number of fused-ring (bicyclic) bond motifs is 1. The Morgan fingerprint density at radius 1 is 1.22 bits per heavy atom. The van der Waals surface area contributed by atoms with Crippen molar-refractivity contribution in [3.05, 3.63) is 57.7 Å². The van der Waals surface area contributed by atoms with Crippen LogP contribution in [-0.4, -0.2) is 19.6 Å². The lowest BCUT2D eigenvalue weighted by atomic mass is 10.2. The third-order valence-corrected chi connectivity index (χ3v) is 3.03. The number of hydrogen-bond acceptors (Lipinski definition) is 5. The molecular weight excluding hydrogens is 248 g/mol. The van der Waals surface area contributed by atoms with E-state index in [-0.39, 0.29) is 5.56 Å². The van der Waals surface area contributed by atoms with Crippen molar-refractivity contribution in [1.29, 1.82) is 0 Å². The summed E-state index contributed by atoms with van der Waals surface area (Å²) in [5.74, 6) is 0. The van der Waals surface area contributed by atoms with Gasteiger partial charge in [0.05, 0.1) is 5.69 Å². The predicted molar refractivity (Wildman–Crippen MR) is 70.3 cm³/mol. The van der Waals surface area contributed by atoms with Crippen molar-refractivity contribution < 1.29 is 0 Å². The standard InChI is InChI=1S/C12H8N4OS/c17-11-7-10(15-12-16(11)14-8-18-12)2-1-9-3-5-13-6-4-9/h1-8H. The number of aromatic nitrogens is 4. The normalized spacial score (nSPS) is 11.3. The fraction of sp³-hybridized carbons (Fsp3) is 0. The zero-order valence-electron chi connectivity index (χ0n) is 9.22. The maximum Gasteiger partial charge on any atom is 0.275 e. The van der Waals surface area contributed by atoms with Crippen molar-refractivity contribution in [3.63, 3.8) is 0 Å². The van der Waals surface area contributed by atoms with Gasteiger partial charge in [-0.15, -0.1) is 0 Å². The molecule has 0 saturated carbocycles. The molecule has 0 unspecified atom stereocenters. The highest BCUT2D eigenvalue weighted by atomic mass is 32.1. The lowest BCUT2D eigenvalue weighted by Gasteiger charge is -1.94. The maximum atomic E-state index is 11.7. The molecule has 0 spiro atoms. The van der Waals surface area contributed by atoms with E-state index in [9.17, 15) is 4.79 Å². The van der Waals surface area contributed by atoms with Crippen LogP contribution < -0.4 is 5.56 Å². The zero-order valence-corrected chi connectivity index (χ0v) is 10.0. The van der Waals surface area contributed by atoms with Gasteiger partial charge in [-0.1, -0.05) is 17.4 Å². The monoisotopic (exact) mass is 256 g/mol. The molecule has 0 radical (unpaired) electrons. The lowest BCUT2D eigenvalue weighted by molar-refractivity contribution is 0.897. The van der Waals surface area contributed by atoms with E-state index in [1.165, 1.54) is 21.9 Å². The van der Waals surface area contributed by atoms with Gasteiger partial charge in [0.25, 0.3) is 5.56 Å². The van der Waals surface area contributed by atoms with Gasteiger partial charge in [0, 0.05) is 18.5 Å². The molecule has 0 bridgehead atoms. The molecule has 0 amide bonds. The van der Waals surface area contributed by atoms with Gasteiger partial charge in [0.2, 0.25) is 4.96 Å². The largest absolute Gasteiger partial charge is 0.275 e. The summed E-state index contributed by atoms with van der Waals surface area (Å²) in [7, 11) is 0. The summed E-state index contributed by atoms with van der Waals surface area (Å²) in [5.41, 5.74) is 3.06. The molecule has 0 fully saturated rings. The Kier molecular flexibility index (Phi) is 2.70. The summed E-state index contributed by atoms with van der Waals surface area (Å²) in [5, 5.41) is 3.91. The SMILES string of the molecule is O=c1cc(C=Cc2ccncc2)nc2scnn12. The van der Waals surface area contributed by atoms with Crippen LogP contribution in [0.4, 0.5) is 0 Å². The van der Waals surface area contributed by atoms with Crippen LogP contribution in [0.1, 0.15) is 11.3 Å². The fourth-order valence-corrected chi connectivity index (χ4v) is 2.14. The smallest absolute Gasteiger partial charge is 0.267 e. The highest BCUT2D eigenvalue weighted by Crippen LogP contribution is 2.07. The van der Waals surface area contributed by atoms with E-state index in [2.05, 4.69) is 15.1 Å². The Morgan fingerprint density at radius 2 is 2.06 bits per heavy atom. The average molecular weight is 256 g/mol. The van der Waals surface area contributed by atoms with Crippen LogP contribution in [0.2, 0.25) is 0 Å². The van der Waals surface area contributed by atoms with Crippen molar-refractivity contribution in [3.8, 4) is 0 Å². The van der Waals surface area contributed by atoms with E-state index < -0.39 is 0 Å². The van der Waals surface area contributed by atoms with Gasteiger partial charge < -0.3 is 0 Å². The van der Waals surface area contributed by atoms with Crippen LogP contribution in [-0.2, 0) is 0 Å². The second-order valence-corrected chi connectivity index (χ2v) is 4.38. The molecule has 6 heteroatoms. The van der Waals surface area contributed by atoms with E-state index in [4.69, 9.17) is 0 Å². The van der Waals surface area contributed by atoms with Crippen LogP contribution in [0.15, 0.2) is 40.9 Å². The highest BCUT2D eigenvalue weighted by molar-refractivity contribution is 7.14. The first-order chi connectivity index (χ1) is 8.83. The molecule has 3 aromatic rings. The Morgan fingerprint density at radius 3 is 2.89 bits per heavy atom. The van der Waals surface area contributed by atoms with Gasteiger partial charge in [-0.25, -0.2) is 4.98 Å². The molecular formula is C12H8N4OS. The van der Waals surface area contributed by atoms with Gasteiger partial charge in [0.1, 0.15) is 5.51 Å². The molecule has 0 atom stereocenters. The molecule has 0 aromatic carbocycles. The molecule has 3 heterocycles. The molecule has 0 aliphatic rings. The Labute approximate surface area is 106 Å². The summed E-state index contributed by atoms with van der Waals surface area (Å²) in [6.45, 7) is 0. The van der Waals surface area contributed by atoms with Crippen molar-refractivity contribution in [1.82, 2.24) is 19.6 Å². The predicted octanol–water partition coefficient (Wildman–Crippen LogP) is 1.72. The minimum atomic E-state index is -0.171. The second kappa shape index (κ2) is 4.50. The Hall–Kier alpha value is -2.34. The van der Waals surface area contributed by atoms with E-state index in [0.717, 1.165) is 5.56 Å². The average Bonchev–Trinajstić information content (AvgIpc) is 2.86. The molecule has 0 N–H and O–H groups in total. The molecule has 3 rings (SSSR count). The third-order valence-electron chi connectivity index (χ3n) is 2.36. The van der Waals surface area contributed by atoms with Crippen molar-refractivity contribution in [2.75, 3.05) is 0 Å². The first kappa shape index (κ1) is 10.8. The van der Waals surface area contributed by atoms with Gasteiger partial charge in [-0.05, 0) is 23.8 Å². The lowest BCUT2D eigenvalue weighted by Crippen LogP contribution is -2.13. The molecule has 88 valence electrons. The first-order valence-electron chi connectivity index (χ1n) is 5.25. The Bertz CT molecular complexity index is 760. The molecule has 0 aliphatic heterocycles. The van der Waals surface area contributed by atoms with Gasteiger partial charge >= 0.3 is 0 Å². The minimum absolute atomic E-state index is 0.171. The second-order valence-electron chi connectivity index (χ2n) is 3.57. The van der Waals surface area contributed by atoms with Crippen LogP contribution in [0, 0.1) is 0 Å². The van der Waals surface area contributed by atoms with Gasteiger partial charge in [-0.2, -0.15) is 9.61 Å². The molecule has 0 aliphatic carbocycles. The highest BCUT2D eigenvalue weighted by Gasteiger charge is 2.01. The van der Waals surface area contributed by atoms with E-state index >= 15 is 0 Å². The molecule has 0 saturated heterocycles. The van der Waals surface area contributed by atoms with Crippen molar-refractivity contribution >= 4 is 28.4 Å². The number of rotatable bonds is 2. The summed E-state index contributed by atoms with van der Waals surface area (Å²) in [6.07, 6.45) is 7.13. The molecule has 18 heavy (non-hydrogen) atoms. The quantitative estimate of drug-likeness (QED) is 0.700. The molecule has 3 aromatic heterocycles. The summed E-state index contributed by atoms with van der Waals surface area (Å²) in [6, 6.07) is 5.23. The third kappa shape index (κ3) is 2.05. The van der Waals surface area contributed by atoms with E-state index in [1.807, 2.05) is 18.2 Å². The van der Waals surface area contributed by atoms with Crippen LogP contribution in [0.3, 0.4) is 0 Å². The topological polar surface area (TPSA) is 60.2 Å². The summed E-state index contributed by atoms with van der Waals surface area (Å²) >= 11 is 1.33. The number of hydrogen-bond donors (Lipinski definition) is 0. The first-order valence-corrected chi connectivity index (χ1v) is 6.12. The summed E-state index contributed by atoms with van der Waals surface area (Å²) in [4.78, 5) is 20.6. The minimum Gasteiger partial charge on any atom is -0.267 e. The molecule has 5 nitrogen and oxygen atoms in total. The van der Waals surface area contributed by atoms with Crippen LogP contribution in [0.5, 0.6) is 0 Å². The maximum absolute atomic E-state index is 11.7. The van der Waals surface area contributed by atoms with E-state index in [0.29, 0.717) is 10.7 Å². The number of pyridine rings is 1. The van der Waals surface area contributed by atoms with Crippen molar-refractivity contribution in [2.45, 2.75) is 0 Å².